The highest BCUT2D eigenvalue weighted by Crippen LogP contribution is 2.32. The van der Waals surface area contributed by atoms with Crippen molar-refractivity contribution in [3.8, 4) is 33.8 Å². The van der Waals surface area contributed by atoms with E-state index in [2.05, 4.69) is 85.5 Å². The zero-order valence-electron chi connectivity index (χ0n) is 53.0. The van der Waals surface area contributed by atoms with Gasteiger partial charge in [-0.2, -0.15) is 0 Å². The van der Waals surface area contributed by atoms with Crippen LogP contribution in [0.25, 0.3) is 67.5 Å². The lowest BCUT2D eigenvalue weighted by Gasteiger charge is -2.30. The van der Waals surface area contributed by atoms with Crippen LogP contribution in [0, 0.1) is 60.1 Å². The summed E-state index contributed by atoms with van der Waals surface area (Å²) in [4.78, 5) is 80.7. The fourth-order valence-corrected chi connectivity index (χ4v) is 13.4. The first-order valence-electron chi connectivity index (χ1n) is 31.6. The zero-order valence-corrected chi connectivity index (χ0v) is 53.0. The summed E-state index contributed by atoms with van der Waals surface area (Å²) >= 11 is 0. The highest BCUT2D eigenvalue weighted by molar-refractivity contribution is 5.72. The Labute approximate surface area is 531 Å². The highest BCUT2D eigenvalue weighted by atomic mass is 19.1. The normalized spacial score (nSPS) is 15.6. The largest absolute Gasteiger partial charge is 0.323 e. The standard InChI is InChI=1S/C25H29N5O.C23H25FN6O.C21H21FN6O.CH4/c1-5-28-8-6-19(7-9-28)22-15-30-24(31)12-21(27-25(30)18(4)26-22)20-11-23-17(3)10-16(2)13-29(23)14-20;1-4-28-7-5-16(6-8-28)20-13-30-21(31)10-19(27-22(30)15(3)26-20)17-9-18(24)23-25-14(2)11-29(23)12-17;1-12-9-27-10-15(7-16(22)21(27)24-12)17-8-19(29)28-11-18(14-3-5-23-6-4-14)25-13(2)20(28)26-17;/h10-15,19H,5-9H2,1-4H3;9-13,16H,4-8H2,1-3H3;7-11,14,23H,3-6H2,1-2H3;1H4. The van der Waals surface area contributed by atoms with E-state index in [9.17, 15) is 23.2 Å². The lowest BCUT2D eigenvalue weighted by Crippen LogP contribution is -2.33. The van der Waals surface area contributed by atoms with Gasteiger partial charge in [0.1, 0.15) is 0 Å². The Morgan fingerprint density at radius 2 is 0.793 bits per heavy atom. The number of likely N-dealkylation sites (tertiary alicyclic amines) is 2. The van der Waals surface area contributed by atoms with Crippen LogP contribution in [-0.2, 0) is 0 Å². The molecular formula is C70H79F2N17O3. The molecule has 0 atom stereocenters. The van der Waals surface area contributed by atoms with E-state index < -0.39 is 11.6 Å². The topological polar surface area (TPSA) is 199 Å². The Morgan fingerprint density at radius 1 is 0.424 bits per heavy atom. The minimum absolute atomic E-state index is 0. The van der Waals surface area contributed by atoms with Gasteiger partial charge < -0.3 is 28.3 Å². The van der Waals surface area contributed by atoms with E-state index in [1.165, 1.54) is 35.4 Å². The van der Waals surface area contributed by atoms with Crippen molar-refractivity contribution in [2.45, 2.75) is 126 Å². The third-order valence-electron chi connectivity index (χ3n) is 18.3. The van der Waals surface area contributed by atoms with E-state index >= 15 is 0 Å². The molecule has 3 aliphatic heterocycles. The summed E-state index contributed by atoms with van der Waals surface area (Å²) in [5.74, 6) is 0.191. The first kappa shape index (κ1) is 62.9. The molecule has 15 rings (SSSR count). The SMILES string of the molecule is C.CCN1CCC(c2cn3c(=O)cc(-c4cc(F)c5nc(C)cn5c4)nc3c(C)n2)CC1.CCN1CCC(c2cn3c(=O)cc(-c4cc5c(C)cc(C)cn5c4)nc3c(C)n2)CC1.Cc1cn2cc(-c3cc(=O)n4cc(C5CCNCC5)nc(C)c4n3)cc(F)c2n1. The van der Waals surface area contributed by atoms with Crippen molar-refractivity contribution in [2.75, 3.05) is 52.4 Å². The Morgan fingerprint density at radius 3 is 1.18 bits per heavy atom. The van der Waals surface area contributed by atoms with Gasteiger partial charge in [0.15, 0.2) is 39.9 Å². The number of imidazole rings is 2. The minimum Gasteiger partial charge on any atom is -0.323 e. The van der Waals surface area contributed by atoms with Crippen molar-refractivity contribution in [1.82, 2.24) is 81.4 Å². The Kier molecular flexibility index (Phi) is 17.6. The average Bonchev–Trinajstić information content (AvgIpc) is 0.853. The Balaban J connectivity index is 0.000000132. The molecular weight excluding hydrogens is 1160 g/mol. The number of hydrogen-bond acceptors (Lipinski definition) is 14. The highest BCUT2D eigenvalue weighted by Gasteiger charge is 2.26. The van der Waals surface area contributed by atoms with Crippen LogP contribution in [0.15, 0.2) is 113 Å². The molecule has 0 aromatic carbocycles. The first-order valence-corrected chi connectivity index (χ1v) is 31.6. The van der Waals surface area contributed by atoms with E-state index in [1.54, 1.807) is 59.1 Å². The number of hydrogen-bond donors (Lipinski definition) is 1. The third kappa shape index (κ3) is 12.5. The summed E-state index contributed by atoms with van der Waals surface area (Å²) in [5.41, 5.74) is 15.3. The molecule has 1 N–H and O–H groups in total. The molecule has 0 bridgehead atoms. The number of pyridine rings is 3. The second-order valence-electron chi connectivity index (χ2n) is 24.8. The van der Waals surface area contributed by atoms with Crippen LogP contribution in [-0.4, -0.2) is 128 Å². The molecule has 3 aliphatic rings. The lowest BCUT2D eigenvalue weighted by atomic mass is 9.93. The van der Waals surface area contributed by atoms with Gasteiger partial charge in [0, 0.05) is 114 Å². The molecule has 92 heavy (non-hydrogen) atoms. The van der Waals surface area contributed by atoms with Gasteiger partial charge in [0.2, 0.25) is 0 Å². The van der Waals surface area contributed by atoms with Crippen LogP contribution in [0.4, 0.5) is 8.78 Å². The number of aromatic nitrogens is 14. The fourth-order valence-electron chi connectivity index (χ4n) is 13.4. The number of aryl methyl sites for hydroxylation is 7. The van der Waals surface area contributed by atoms with Crippen LogP contribution in [0.5, 0.6) is 0 Å². The molecule has 0 amide bonds. The summed E-state index contributed by atoms with van der Waals surface area (Å²) in [6.45, 7) is 26.2. The molecule has 0 unspecified atom stereocenters. The predicted molar refractivity (Wildman–Crippen MR) is 355 cm³/mol. The van der Waals surface area contributed by atoms with E-state index in [-0.39, 0.29) is 35.4 Å². The summed E-state index contributed by atoms with van der Waals surface area (Å²) < 4.78 is 39.2. The molecule has 0 saturated carbocycles. The van der Waals surface area contributed by atoms with Crippen LogP contribution in [0.1, 0.15) is 134 Å². The van der Waals surface area contributed by atoms with Crippen LogP contribution in [0.2, 0.25) is 0 Å². The molecule has 0 spiro atoms. The van der Waals surface area contributed by atoms with E-state index in [4.69, 9.17) is 19.9 Å². The van der Waals surface area contributed by atoms with Crippen LogP contribution in [0.3, 0.4) is 0 Å². The number of fused-ring (bicyclic) bond motifs is 6. The van der Waals surface area contributed by atoms with E-state index in [1.807, 2.05) is 53.2 Å². The van der Waals surface area contributed by atoms with Crippen LogP contribution < -0.4 is 22.0 Å². The molecule has 3 saturated heterocycles. The molecule has 20 nitrogen and oxygen atoms in total. The molecule has 3 fully saturated rings. The van der Waals surface area contributed by atoms with Crippen molar-refractivity contribution in [1.29, 1.82) is 0 Å². The summed E-state index contributed by atoms with van der Waals surface area (Å²) in [7, 11) is 0. The molecule has 15 heterocycles. The van der Waals surface area contributed by atoms with E-state index in [0.717, 1.165) is 136 Å². The summed E-state index contributed by atoms with van der Waals surface area (Å²) in [6.07, 6.45) is 22.9. The van der Waals surface area contributed by atoms with Gasteiger partial charge in [-0.25, -0.2) is 33.7 Å². The maximum absolute atomic E-state index is 14.5. The lowest BCUT2D eigenvalue weighted by molar-refractivity contribution is 0.220. The number of halogens is 2. The smallest absolute Gasteiger partial charge is 0.258 e. The van der Waals surface area contributed by atoms with Crippen molar-refractivity contribution in [3.05, 3.63) is 198 Å². The number of piperidine rings is 3. The van der Waals surface area contributed by atoms with Gasteiger partial charge >= 0.3 is 0 Å². The fraction of sp³-hybridized carbons (Fsp3) is 0.386. The Hall–Kier alpha value is -9.25. The minimum atomic E-state index is -0.450. The molecule has 12 aromatic rings. The Bertz CT molecular complexity index is 4980. The summed E-state index contributed by atoms with van der Waals surface area (Å²) in [6, 6.07) is 11.6. The molecule has 12 aromatic heterocycles. The number of rotatable bonds is 8. The van der Waals surface area contributed by atoms with Crippen molar-refractivity contribution < 1.29 is 8.78 Å². The summed E-state index contributed by atoms with van der Waals surface area (Å²) in [5, 5.41) is 3.35. The first-order chi connectivity index (χ1) is 43.8. The molecule has 476 valence electrons. The number of nitrogens with one attached hydrogen (secondary N) is 1. The molecule has 22 heteroatoms. The average molecular weight is 1240 g/mol. The quantitative estimate of drug-likeness (QED) is 0.151. The maximum atomic E-state index is 14.5. The van der Waals surface area contributed by atoms with Gasteiger partial charge in [-0.15, -0.1) is 0 Å². The van der Waals surface area contributed by atoms with Crippen LogP contribution >= 0.6 is 0 Å². The van der Waals surface area contributed by atoms with Gasteiger partial charge in [0.05, 0.1) is 62.6 Å². The second-order valence-corrected chi connectivity index (χ2v) is 24.8. The van der Waals surface area contributed by atoms with Gasteiger partial charge in [0.25, 0.3) is 16.7 Å². The van der Waals surface area contributed by atoms with E-state index in [0.29, 0.717) is 74.3 Å². The van der Waals surface area contributed by atoms with Crippen molar-refractivity contribution >= 4 is 33.8 Å². The third-order valence-corrected chi connectivity index (χ3v) is 18.3. The van der Waals surface area contributed by atoms with Gasteiger partial charge in [-0.3, -0.25) is 42.5 Å². The molecule has 0 radical (unpaired) electrons. The second kappa shape index (κ2) is 25.8. The van der Waals surface area contributed by atoms with Crippen molar-refractivity contribution in [2.24, 2.45) is 0 Å². The van der Waals surface area contributed by atoms with Crippen molar-refractivity contribution in [3.63, 3.8) is 0 Å². The molecule has 0 aliphatic carbocycles. The van der Waals surface area contributed by atoms with Gasteiger partial charge in [-0.05, 0) is 169 Å². The monoisotopic (exact) mass is 1240 g/mol. The maximum Gasteiger partial charge on any atom is 0.258 e. The predicted octanol–water partition coefficient (Wildman–Crippen LogP) is 10.8. The zero-order chi connectivity index (χ0) is 63.5. The number of nitrogens with zero attached hydrogens (tertiary/aromatic N) is 16. The van der Waals surface area contributed by atoms with Gasteiger partial charge in [-0.1, -0.05) is 27.3 Å².